The Kier molecular flexibility index (Phi) is 4.72. The summed E-state index contributed by atoms with van der Waals surface area (Å²) in [6.07, 6.45) is 2.20. The highest BCUT2D eigenvalue weighted by Crippen LogP contribution is 2.44. The number of hydrogen-bond acceptors (Lipinski definition) is 4. The van der Waals surface area contributed by atoms with E-state index < -0.39 is 0 Å². The Morgan fingerprint density at radius 2 is 1.48 bits per heavy atom. The van der Waals surface area contributed by atoms with Gasteiger partial charge < -0.3 is 15.0 Å². The number of piperazine rings is 1. The maximum atomic E-state index is 13.5. The first-order valence-electron chi connectivity index (χ1n) is 10.4. The van der Waals surface area contributed by atoms with E-state index in [-0.39, 0.29) is 17.7 Å². The molecule has 0 bridgehead atoms. The van der Waals surface area contributed by atoms with E-state index in [1.54, 1.807) is 0 Å². The molecule has 2 aromatic rings. The van der Waals surface area contributed by atoms with Crippen LogP contribution in [0.4, 0.5) is 0 Å². The van der Waals surface area contributed by atoms with Crippen molar-refractivity contribution < 1.29 is 14.3 Å². The van der Waals surface area contributed by atoms with Crippen LogP contribution in [-0.4, -0.2) is 60.4 Å². The summed E-state index contributed by atoms with van der Waals surface area (Å²) in [5, 5.41) is 3.03. The Bertz CT molecular complexity index is 887. The Balaban J connectivity index is 1.29. The number of nitrogens with one attached hydrogen (secondary N) is 1. The fourth-order valence-electron chi connectivity index (χ4n) is 4.19. The molecule has 0 atom stereocenters. The molecular formula is C23H25N3O3. The summed E-state index contributed by atoms with van der Waals surface area (Å²) in [5.74, 6) is 1.36. The molecule has 2 heterocycles. The molecule has 6 nitrogen and oxygen atoms in total. The van der Waals surface area contributed by atoms with Gasteiger partial charge in [-0.25, -0.2) is 0 Å². The molecule has 1 aliphatic carbocycles. The molecule has 1 saturated carbocycles. The molecule has 0 radical (unpaired) electrons. The number of nitrogens with zero attached hydrogens (tertiary/aromatic N) is 2. The molecule has 2 aliphatic heterocycles. The minimum atomic E-state index is -0.346. The van der Waals surface area contributed by atoms with Crippen molar-refractivity contribution in [2.24, 2.45) is 0 Å². The summed E-state index contributed by atoms with van der Waals surface area (Å²) >= 11 is 0. The second kappa shape index (κ2) is 7.52. The van der Waals surface area contributed by atoms with Crippen molar-refractivity contribution in [3.8, 4) is 11.5 Å². The minimum Gasteiger partial charge on any atom is -0.457 e. The molecule has 29 heavy (non-hydrogen) atoms. The van der Waals surface area contributed by atoms with Crippen LogP contribution in [0.2, 0.25) is 0 Å². The van der Waals surface area contributed by atoms with Gasteiger partial charge in [0.1, 0.15) is 11.5 Å². The fraction of sp³-hybridized carbons (Fsp3) is 0.391. The van der Waals surface area contributed by atoms with Crippen molar-refractivity contribution in [1.29, 1.82) is 0 Å². The molecule has 6 heteroatoms. The lowest BCUT2D eigenvalue weighted by molar-refractivity contribution is -0.134. The number of ether oxygens (including phenoxy) is 1. The Morgan fingerprint density at radius 3 is 2.07 bits per heavy atom. The van der Waals surface area contributed by atoms with E-state index in [9.17, 15) is 9.59 Å². The highest BCUT2D eigenvalue weighted by molar-refractivity contribution is 5.90. The number of rotatable bonds is 4. The Labute approximate surface area is 170 Å². The molecule has 150 valence electrons. The zero-order chi connectivity index (χ0) is 19.8. The van der Waals surface area contributed by atoms with Gasteiger partial charge in [0.2, 0.25) is 11.8 Å². The SMILES string of the molecule is O=C(CN1CCN(C(=O)C2c3ccccc3Oc3ccccc32)CC1)NC1CC1. The van der Waals surface area contributed by atoms with Gasteiger partial charge in [-0.2, -0.15) is 0 Å². The summed E-state index contributed by atoms with van der Waals surface area (Å²) < 4.78 is 6.02. The first kappa shape index (κ1) is 18.2. The van der Waals surface area contributed by atoms with Crippen molar-refractivity contribution >= 4 is 11.8 Å². The van der Waals surface area contributed by atoms with Crippen LogP contribution in [0.5, 0.6) is 11.5 Å². The van der Waals surface area contributed by atoms with E-state index in [0.717, 1.165) is 48.6 Å². The summed E-state index contributed by atoms with van der Waals surface area (Å²) in [6, 6.07) is 15.9. The second-order valence-corrected chi connectivity index (χ2v) is 8.05. The maximum Gasteiger partial charge on any atom is 0.234 e. The third-order valence-electron chi connectivity index (χ3n) is 5.92. The number of fused-ring (bicyclic) bond motifs is 2. The van der Waals surface area contributed by atoms with Gasteiger partial charge in [0, 0.05) is 43.3 Å². The largest absolute Gasteiger partial charge is 0.457 e. The first-order chi connectivity index (χ1) is 14.2. The molecule has 2 fully saturated rings. The fourth-order valence-corrected chi connectivity index (χ4v) is 4.19. The van der Waals surface area contributed by atoms with Crippen molar-refractivity contribution in [3.05, 3.63) is 59.7 Å². The summed E-state index contributed by atoms with van der Waals surface area (Å²) in [7, 11) is 0. The van der Waals surface area contributed by atoms with Crippen molar-refractivity contribution in [3.63, 3.8) is 0 Å². The zero-order valence-corrected chi connectivity index (χ0v) is 16.3. The van der Waals surface area contributed by atoms with Crippen LogP contribution < -0.4 is 10.1 Å². The van der Waals surface area contributed by atoms with Gasteiger partial charge >= 0.3 is 0 Å². The monoisotopic (exact) mass is 391 g/mol. The average molecular weight is 391 g/mol. The van der Waals surface area contributed by atoms with Crippen LogP contribution in [0.15, 0.2) is 48.5 Å². The van der Waals surface area contributed by atoms with Crippen LogP contribution in [-0.2, 0) is 9.59 Å². The lowest BCUT2D eigenvalue weighted by atomic mass is 9.86. The second-order valence-electron chi connectivity index (χ2n) is 8.05. The number of para-hydroxylation sites is 2. The number of benzene rings is 2. The topological polar surface area (TPSA) is 61.9 Å². The Hall–Kier alpha value is -2.86. The number of carbonyl (C=O) groups excluding carboxylic acids is 2. The van der Waals surface area contributed by atoms with E-state index in [4.69, 9.17) is 4.74 Å². The van der Waals surface area contributed by atoms with E-state index >= 15 is 0 Å². The van der Waals surface area contributed by atoms with Gasteiger partial charge in [-0.15, -0.1) is 0 Å². The van der Waals surface area contributed by atoms with Crippen molar-refractivity contribution in [2.45, 2.75) is 24.8 Å². The predicted molar refractivity (Wildman–Crippen MR) is 109 cm³/mol. The van der Waals surface area contributed by atoms with Crippen molar-refractivity contribution in [2.75, 3.05) is 32.7 Å². The van der Waals surface area contributed by atoms with Crippen LogP contribution >= 0.6 is 0 Å². The van der Waals surface area contributed by atoms with Crippen LogP contribution in [0, 0.1) is 0 Å². The van der Waals surface area contributed by atoms with Crippen LogP contribution in [0.3, 0.4) is 0 Å². The molecule has 2 aromatic carbocycles. The molecule has 1 saturated heterocycles. The average Bonchev–Trinajstić information content (AvgIpc) is 3.56. The number of carbonyl (C=O) groups is 2. The van der Waals surface area contributed by atoms with Gasteiger partial charge in [-0.1, -0.05) is 36.4 Å². The quantitative estimate of drug-likeness (QED) is 0.869. The molecule has 3 aliphatic rings. The predicted octanol–water partition coefficient (Wildman–Crippen LogP) is 2.35. The molecule has 0 aromatic heterocycles. The molecule has 0 spiro atoms. The van der Waals surface area contributed by atoms with Gasteiger partial charge in [-0.05, 0) is 25.0 Å². The van der Waals surface area contributed by atoms with E-state index in [0.29, 0.717) is 25.7 Å². The van der Waals surface area contributed by atoms with E-state index in [1.807, 2.05) is 53.4 Å². The van der Waals surface area contributed by atoms with Gasteiger partial charge in [0.05, 0.1) is 12.5 Å². The maximum absolute atomic E-state index is 13.5. The highest BCUT2D eigenvalue weighted by atomic mass is 16.5. The summed E-state index contributed by atoms with van der Waals surface area (Å²) in [5.41, 5.74) is 1.84. The summed E-state index contributed by atoms with van der Waals surface area (Å²) in [4.78, 5) is 29.6. The molecule has 5 rings (SSSR count). The number of amides is 2. The molecule has 1 N–H and O–H groups in total. The molecule has 2 amide bonds. The summed E-state index contributed by atoms with van der Waals surface area (Å²) in [6.45, 7) is 3.13. The molecule has 0 unspecified atom stereocenters. The lowest BCUT2D eigenvalue weighted by Gasteiger charge is -2.37. The van der Waals surface area contributed by atoms with E-state index in [2.05, 4.69) is 10.2 Å². The Morgan fingerprint density at radius 1 is 0.897 bits per heavy atom. The van der Waals surface area contributed by atoms with Gasteiger partial charge in [0.15, 0.2) is 0 Å². The third kappa shape index (κ3) is 3.72. The van der Waals surface area contributed by atoms with Crippen LogP contribution in [0.1, 0.15) is 29.9 Å². The molecular weight excluding hydrogens is 366 g/mol. The van der Waals surface area contributed by atoms with Gasteiger partial charge in [-0.3, -0.25) is 14.5 Å². The third-order valence-corrected chi connectivity index (χ3v) is 5.92. The normalized spacial score (nSPS) is 19.1. The highest BCUT2D eigenvalue weighted by Gasteiger charge is 2.36. The number of hydrogen-bond donors (Lipinski definition) is 1. The standard InChI is InChI=1S/C23H25N3O3/c27-21(24-16-9-10-16)15-25-11-13-26(14-12-25)23(28)22-17-5-1-3-7-19(17)29-20-8-4-2-6-18(20)22/h1-8,16,22H,9-15H2,(H,24,27). The van der Waals surface area contributed by atoms with Crippen molar-refractivity contribution in [1.82, 2.24) is 15.1 Å². The van der Waals surface area contributed by atoms with E-state index in [1.165, 1.54) is 0 Å². The van der Waals surface area contributed by atoms with Crippen LogP contribution in [0.25, 0.3) is 0 Å². The lowest BCUT2D eigenvalue weighted by Crippen LogP contribution is -2.52. The minimum absolute atomic E-state index is 0.0968. The van der Waals surface area contributed by atoms with Gasteiger partial charge in [0.25, 0.3) is 0 Å². The first-order valence-corrected chi connectivity index (χ1v) is 10.4. The smallest absolute Gasteiger partial charge is 0.234 e. The zero-order valence-electron chi connectivity index (χ0n) is 16.3.